The molecule has 1 aromatic heterocycles. The molecule has 1 aromatic rings. The van der Waals surface area contributed by atoms with Crippen molar-refractivity contribution in [3.05, 3.63) is 29.6 Å². The number of carboxylic acid groups (broad SMARTS) is 2. The number of carboxylic acids is 2. The third-order valence-electron chi connectivity index (χ3n) is 1.70. The molecule has 14 heavy (non-hydrogen) atoms. The molecule has 0 aliphatic heterocycles. The van der Waals surface area contributed by atoms with Crippen molar-refractivity contribution in [2.45, 2.75) is 12.8 Å². The number of aryl methyl sites for hydroxylation is 1. The van der Waals surface area contributed by atoms with Crippen molar-refractivity contribution in [3.63, 3.8) is 0 Å². The average Bonchev–Trinajstić information content (AvgIpc) is 2.02. The van der Waals surface area contributed by atoms with E-state index in [1.807, 2.05) is 0 Å². The van der Waals surface area contributed by atoms with Crippen LogP contribution >= 0.6 is 0 Å². The number of rotatable bonds is 3. The number of pyridine rings is 1. The second-order valence-corrected chi connectivity index (χ2v) is 2.81. The van der Waals surface area contributed by atoms with Crippen molar-refractivity contribution in [3.8, 4) is 0 Å². The molecule has 5 heteroatoms. The first kappa shape index (κ1) is 10.2. The lowest BCUT2D eigenvalue weighted by atomic mass is 10.1. The van der Waals surface area contributed by atoms with Crippen LogP contribution in [0.4, 0.5) is 0 Å². The molecule has 74 valence electrons. The second kappa shape index (κ2) is 3.87. The SMILES string of the molecule is Cc1cccc(C(C(=O)O)C(=O)O)n1. The van der Waals surface area contributed by atoms with Crippen LogP contribution in [0.5, 0.6) is 0 Å². The highest BCUT2D eigenvalue weighted by Gasteiger charge is 2.28. The van der Waals surface area contributed by atoms with Crippen LogP contribution in [0.1, 0.15) is 17.3 Å². The molecule has 0 fully saturated rings. The van der Waals surface area contributed by atoms with E-state index in [1.54, 1.807) is 19.1 Å². The molecule has 1 heterocycles. The molecule has 0 unspecified atom stereocenters. The van der Waals surface area contributed by atoms with Crippen LogP contribution < -0.4 is 0 Å². The van der Waals surface area contributed by atoms with Gasteiger partial charge in [0.15, 0.2) is 5.92 Å². The van der Waals surface area contributed by atoms with Gasteiger partial charge in [-0.25, -0.2) is 0 Å². The van der Waals surface area contributed by atoms with E-state index in [9.17, 15) is 9.59 Å². The number of aliphatic carboxylic acids is 2. The first-order valence-corrected chi connectivity index (χ1v) is 3.91. The third-order valence-corrected chi connectivity index (χ3v) is 1.70. The Morgan fingerprint density at radius 3 is 2.29 bits per heavy atom. The molecule has 0 bridgehead atoms. The van der Waals surface area contributed by atoms with Crippen molar-refractivity contribution in [2.75, 3.05) is 0 Å². The summed E-state index contributed by atoms with van der Waals surface area (Å²) in [5, 5.41) is 17.3. The van der Waals surface area contributed by atoms with E-state index in [-0.39, 0.29) is 5.69 Å². The molecule has 0 amide bonds. The zero-order valence-corrected chi connectivity index (χ0v) is 7.47. The third kappa shape index (κ3) is 2.07. The molecular formula is C9H9NO4. The Hall–Kier alpha value is -1.91. The highest BCUT2D eigenvalue weighted by Crippen LogP contribution is 2.14. The highest BCUT2D eigenvalue weighted by molar-refractivity contribution is 5.98. The van der Waals surface area contributed by atoms with Crippen LogP contribution in [0.3, 0.4) is 0 Å². The number of carbonyl (C=O) groups is 2. The van der Waals surface area contributed by atoms with E-state index < -0.39 is 17.9 Å². The van der Waals surface area contributed by atoms with E-state index >= 15 is 0 Å². The smallest absolute Gasteiger partial charge is 0.324 e. The molecule has 1 rings (SSSR count). The first-order chi connectivity index (χ1) is 6.52. The van der Waals surface area contributed by atoms with Gasteiger partial charge in [0.2, 0.25) is 0 Å². The molecule has 0 aromatic carbocycles. The fourth-order valence-corrected chi connectivity index (χ4v) is 1.08. The van der Waals surface area contributed by atoms with Crippen LogP contribution in [-0.2, 0) is 9.59 Å². The number of aromatic nitrogens is 1. The molecule has 0 saturated carbocycles. The van der Waals surface area contributed by atoms with Gasteiger partial charge in [-0.05, 0) is 19.1 Å². The fourth-order valence-electron chi connectivity index (χ4n) is 1.08. The molecule has 0 radical (unpaired) electrons. The zero-order chi connectivity index (χ0) is 10.7. The summed E-state index contributed by atoms with van der Waals surface area (Å²) in [7, 11) is 0. The van der Waals surface area contributed by atoms with Gasteiger partial charge in [-0.15, -0.1) is 0 Å². The van der Waals surface area contributed by atoms with Crippen molar-refractivity contribution in [1.82, 2.24) is 4.98 Å². The molecule has 2 N–H and O–H groups in total. The van der Waals surface area contributed by atoms with Gasteiger partial charge in [0.25, 0.3) is 0 Å². The summed E-state index contributed by atoms with van der Waals surface area (Å²) in [4.78, 5) is 25.1. The second-order valence-electron chi connectivity index (χ2n) is 2.81. The molecule has 0 atom stereocenters. The van der Waals surface area contributed by atoms with Gasteiger partial charge in [-0.1, -0.05) is 6.07 Å². The Morgan fingerprint density at radius 1 is 1.29 bits per heavy atom. The number of hydrogen-bond donors (Lipinski definition) is 2. The summed E-state index contributed by atoms with van der Waals surface area (Å²) in [6.45, 7) is 1.67. The summed E-state index contributed by atoms with van der Waals surface area (Å²) >= 11 is 0. The Bertz CT molecular complexity index is 361. The van der Waals surface area contributed by atoms with Gasteiger partial charge >= 0.3 is 11.9 Å². The molecule has 0 spiro atoms. The van der Waals surface area contributed by atoms with Gasteiger partial charge < -0.3 is 10.2 Å². The van der Waals surface area contributed by atoms with Crippen molar-refractivity contribution in [1.29, 1.82) is 0 Å². The van der Waals surface area contributed by atoms with Crippen molar-refractivity contribution in [2.24, 2.45) is 0 Å². The quantitative estimate of drug-likeness (QED) is 0.691. The lowest BCUT2D eigenvalue weighted by Crippen LogP contribution is -2.22. The molecule has 0 aliphatic rings. The predicted octanol–water partition coefficient (Wildman–Crippen LogP) is 0.643. The lowest BCUT2D eigenvalue weighted by Gasteiger charge is -2.06. The van der Waals surface area contributed by atoms with Gasteiger partial charge in [-0.3, -0.25) is 14.6 Å². The van der Waals surface area contributed by atoms with Crippen LogP contribution in [-0.4, -0.2) is 27.1 Å². The van der Waals surface area contributed by atoms with Gasteiger partial charge in [0.05, 0.1) is 5.69 Å². The van der Waals surface area contributed by atoms with Gasteiger partial charge in [-0.2, -0.15) is 0 Å². The van der Waals surface area contributed by atoms with E-state index in [2.05, 4.69) is 4.98 Å². The van der Waals surface area contributed by atoms with Crippen LogP contribution in [0, 0.1) is 6.92 Å². The van der Waals surface area contributed by atoms with Crippen LogP contribution in [0.2, 0.25) is 0 Å². The van der Waals surface area contributed by atoms with Gasteiger partial charge in [0, 0.05) is 5.69 Å². The maximum Gasteiger partial charge on any atom is 0.324 e. The summed E-state index contributed by atoms with van der Waals surface area (Å²) in [6.07, 6.45) is 0. The maximum atomic E-state index is 10.6. The van der Waals surface area contributed by atoms with E-state index in [1.165, 1.54) is 6.07 Å². The summed E-state index contributed by atoms with van der Waals surface area (Å²) in [5.41, 5.74) is 0.639. The standard InChI is InChI=1S/C9H9NO4/c1-5-3-2-4-6(10-5)7(8(11)12)9(13)14/h2-4,7H,1H3,(H,11,12)(H,13,14). The van der Waals surface area contributed by atoms with E-state index in [4.69, 9.17) is 10.2 Å². The minimum absolute atomic E-state index is 0.0463. The topological polar surface area (TPSA) is 87.5 Å². The fraction of sp³-hybridized carbons (Fsp3) is 0.222. The summed E-state index contributed by atoms with van der Waals surface area (Å²) < 4.78 is 0. The molecule has 0 saturated heterocycles. The minimum atomic E-state index is -1.59. The normalized spacial score (nSPS) is 10.1. The van der Waals surface area contributed by atoms with Gasteiger partial charge in [0.1, 0.15) is 0 Å². The maximum absolute atomic E-state index is 10.6. The number of hydrogen-bond acceptors (Lipinski definition) is 3. The first-order valence-electron chi connectivity index (χ1n) is 3.91. The Kier molecular flexibility index (Phi) is 2.81. The average molecular weight is 195 g/mol. The summed E-state index contributed by atoms with van der Waals surface area (Å²) in [6, 6.07) is 4.64. The van der Waals surface area contributed by atoms with Crippen molar-refractivity contribution < 1.29 is 19.8 Å². The lowest BCUT2D eigenvalue weighted by molar-refractivity contribution is -0.150. The van der Waals surface area contributed by atoms with Crippen molar-refractivity contribution >= 4 is 11.9 Å². The Morgan fingerprint density at radius 2 is 1.86 bits per heavy atom. The highest BCUT2D eigenvalue weighted by atomic mass is 16.4. The Balaban J connectivity index is 3.12. The summed E-state index contributed by atoms with van der Waals surface area (Å²) in [5.74, 6) is -4.40. The molecule has 5 nitrogen and oxygen atoms in total. The predicted molar refractivity (Wildman–Crippen MR) is 47.0 cm³/mol. The van der Waals surface area contributed by atoms with E-state index in [0.29, 0.717) is 5.69 Å². The largest absolute Gasteiger partial charge is 0.480 e. The minimum Gasteiger partial charge on any atom is -0.480 e. The van der Waals surface area contributed by atoms with Crippen LogP contribution in [0.15, 0.2) is 18.2 Å². The Labute approximate surface area is 80.0 Å². The zero-order valence-electron chi connectivity index (χ0n) is 7.47. The number of nitrogens with zero attached hydrogens (tertiary/aromatic N) is 1. The monoisotopic (exact) mass is 195 g/mol. The van der Waals surface area contributed by atoms with E-state index in [0.717, 1.165) is 0 Å². The molecule has 0 aliphatic carbocycles. The van der Waals surface area contributed by atoms with Crippen LogP contribution in [0.25, 0.3) is 0 Å². The molecular weight excluding hydrogens is 186 g/mol.